The lowest BCUT2D eigenvalue weighted by molar-refractivity contribution is -0.0349. The van der Waals surface area contributed by atoms with Gasteiger partial charge in [-0.3, -0.25) is 4.57 Å². The molecule has 2 aliphatic rings. The van der Waals surface area contributed by atoms with Gasteiger partial charge < -0.3 is 9.84 Å². The number of fused-ring (bicyclic) bond motifs is 2. The predicted molar refractivity (Wildman–Crippen MR) is 76.7 cm³/mol. The Morgan fingerprint density at radius 3 is 2.86 bits per heavy atom. The van der Waals surface area contributed by atoms with Gasteiger partial charge in [-0.15, -0.1) is 0 Å². The van der Waals surface area contributed by atoms with Gasteiger partial charge in [0.25, 0.3) is 0 Å². The van der Waals surface area contributed by atoms with Crippen LogP contribution in [-0.4, -0.2) is 37.3 Å². The number of aromatic nitrogens is 4. The minimum atomic E-state index is -0.173. The lowest BCUT2D eigenvalue weighted by Crippen LogP contribution is -2.25. The highest BCUT2D eigenvalue weighted by Gasteiger charge is 2.45. The first kappa shape index (κ1) is 13.2. The molecule has 0 aromatic carbocycles. The van der Waals surface area contributed by atoms with E-state index in [1.165, 1.54) is 6.33 Å². The minimum absolute atomic E-state index is 0.0356. The molecule has 2 aromatic heterocycles. The number of rotatable bonds is 2. The maximum atomic E-state index is 9.56. The lowest BCUT2D eigenvalue weighted by atomic mass is 9.81. The van der Waals surface area contributed by atoms with Crippen LogP contribution in [0.15, 0.2) is 24.8 Å². The second-order valence-electron chi connectivity index (χ2n) is 5.51. The van der Waals surface area contributed by atoms with E-state index in [1.807, 2.05) is 4.57 Å². The Bertz CT molecular complexity index is 701. The van der Waals surface area contributed by atoms with Gasteiger partial charge in [0.1, 0.15) is 18.1 Å². The number of imidazole rings is 1. The lowest BCUT2D eigenvalue weighted by Gasteiger charge is -2.25. The number of ether oxygens (including phenoxy) is 1. The summed E-state index contributed by atoms with van der Waals surface area (Å²) in [5.74, 6) is 0.651. The van der Waals surface area contributed by atoms with Gasteiger partial charge in [-0.05, 0) is 18.8 Å². The quantitative estimate of drug-likeness (QED) is 0.678. The molecule has 110 valence electrons. The Kier molecular flexibility index (Phi) is 3.17. The van der Waals surface area contributed by atoms with Gasteiger partial charge in [0.2, 0.25) is 0 Å². The molecular weight excluding hydrogens is 292 g/mol. The largest absolute Gasteiger partial charge is 0.394 e. The molecule has 6 nitrogen and oxygen atoms in total. The smallest absolute Gasteiger partial charge is 0.166 e. The van der Waals surface area contributed by atoms with Crippen LogP contribution in [0.3, 0.4) is 0 Å². The van der Waals surface area contributed by atoms with Gasteiger partial charge in [0, 0.05) is 5.92 Å². The molecular formula is C14H15ClN4O2. The summed E-state index contributed by atoms with van der Waals surface area (Å²) >= 11 is 6.05. The number of hydrogen-bond acceptors (Lipinski definition) is 5. The Labute approximate surface area is 126 Å². The van der Waals surface area contributed by atoms with Crippen molar-refractivity contribution >= 4 is 22.8 Å². The molecule has 1 aliphatic carbocycles. The average molecular weight is 307 g/mol. The standard InChI is InChI=1S/C14H15ClN4O2/c15-12-11-13(17-6-16-12)19(7-18-11)14-9-4-2-1-3-8(9)10(5-20)21-14/h1-2,6-10,14,20H,3-5H2/t8-,9+,10+,14+/m0/s1. The molecule has 0 unspecified atom stereocenters. The zero-order valence-corrected chi connectivity index (χ0v) is 12.0. The highest BCUT2D eigenvalue weighted by atomic mass is 35.5. The molecule has 0 saturated carbocycles. The van der Waals surface area contributed by atoms with Crippen molar-refractivity contribution in [1.29, 1.82) is 0 Å². The maximum Gasteiger partial charge on any atom is 0.166 e. The number of nitrogens with zero attached hydrogens (tertiary/aromatic N) is 4. The minimum Gasteiger partial charge on any atom is -0.394 e. The first-order chi connectivity index (χ1) is 10.3. The summed E-state index contributed by atoms with van der Waals surface area (Å²) in [6, 6.07) is 0. The van der Waals surface area contributed by atoms with Crippen molar-refractivity contribution in [3.05, 3.63) is 30.0 Å². The average Bonchev–Trinajstić information content (AvgIpc) is 3.09. The van der Waals surface area contributed by atoms with Crippen molar-refractivity contribution in [2.75, 3.05) is 6.61 Å². The molecule has 4 rings (SSSR count). The van der Waals surface area contributed by atoms with Crippen molar-refractivity contribution in [2.45, 2.75) is 25.2 Å². The maximum absolute atomic E-state index is 9.56. The Morgan fingerprint density at radius 2 is 2.05 bits per heavy atom. The molecule has 0 amide bonds. The van der Waals surface area contributed by atoms with Crippen molar-refractivity contribution < 1.29 is 9.84 Å². The van der Waals surface area contributed by atoms with Gasteiger partial charge in [-0.1, -0.05) is 23.8 Å². The predicted octanol–water partition coefficient (Wildman–Crippen LogP) is 1.95. The first-order valence-corrected chi connectivity index (χ1v) is 7.41. The fourth-order valence-electron chi connectivity index (χ4n) is 3.45. The molecule has 4 atom stereocenters. The fourth-order valence-corrected chi connectivity index (χ4v) is 3.63. The van der Waals surface area contributed by atoms with Gasteiger partial charge in [-0.25, -0.2) is 15.0 Å². The normalized spacial score (nSPS) is 31.7. The summed E-state index contributed by atoms with van der Waals surface area (Å²) in [5, 5.41) is 9.90. The van der Waals surface area contributed by atoms with E-state index < -0.39 is 0 Å². The summed E-state index contributed by atoms with van der Waals surface area (Å²) in [6.07, 6.45) is 9.04. The van der Waals surface area contributed by atoms with Gasteiger partial charge in [0.05, 0.1) is 19.0 Å². The topological polar surface area (TPSA) is 73.1 Å². The molecule has 0 bridgehead atoms. The van der Waals surface area contributed by atoms with Crippen LogP contribution in [0.4, 0.5) is 0 Å². The zero-order chi connectivity index (χ0) is 14.4. The van der Waals surface area contributed by atoms with Crippen LogP contribution in [0.2, 0.25) is 5.15 Å². The fraction of sp³-hybridized carbons (Fsp3) is 0.500. The van der Waals surface area contributed by atoms with Gasteiger partial charge >= 0.3 is 0 Å². The summed E-state index contributed by atoms with van der Waals surface area (Å²) in [7, 11) is 0. The van der Waals surface area contributed by atoms with E-state index in [1.54, 1.807) is 6.33 Å². The molecule has 7 heteroatoms. The summed E-state index contributed by atoms with van der Waals surface area (Å²) < 4.78 is 7.99. The summed E-state index contributed by atoms with van der Waals surface area (Å²) in [6.45, 7) is 0.0356. The van der Waals surface area contributed by atoms with E-state index in [2.05, 4.69) is 27.1 Å². The van der Waals surface area contributed by atoms with Gasteiger partial charge in [-0.2, -0.15) is 0 Å². The van der Waals surface area contributed by atoms with E-state index in [0.717, 1.165) is 12.8 Å². The van der Waals surface area contributed by atoms with Gasteiger partial charge in [0.15, 0.2) is 10.8 Å². The molecule has 3 heterocycles. The van der Waals surface area contributed by atoms with E-state index in [9.17, 15) is 5.11 Å². The Hall–Kier alpha value is -1.50. The first-order valence-electron chi connectivity index (χ1n) is 7.04. The van der Waals surface area contributed by atoms with Crippen molar-refractivity contribution in [2.24, 2.45) is 11.8 Å². The third-order valence-corrected chi connectivity index (χ3v) is 4.74. The molecule has 2 aromatic rings. The molecule has 0 spiro atoms. The second kappa shape index (κ2) is 5.05. The van der Waals surface area contributed by atoms with Crippen molar-refractivity contribution in [3.8, 4) is 0 Å². The molecule has 21 heavy (non-hydrogen) atoms. The number of halogens is 1. The third kappa shape index (κ3) is 1.97. The summed E-state index contributed by atoms with van der Waals surface area (Å²) in [4.78, 5) is 12.5. The van der Waals surface area contributed by atoms with E-state index >= 15 is 0 Å². The number of aliphatic hydroxyl groups is 1. The number of aliphatic hydroxyl groups excluding tert-OH is 1. The van der Waals surface area contributed by atoms with E-state index in [0.29, 0.717) is 28.2 Å². The number of hydrogen-bond donors (Lipinski definition) is 1. The monoisotopic (exact) mass is 306 g/mol. The van der Waals surface area contributed by atoms with Crippen LogP contribution < -0.4 is 0 Å². The van der Waals surface area contributed by atoms with Crippen LogP contribution in [0.25, 0.3) is 11.2 Å². The molecule has 1 aliphatic heterocycles. The number of allylic oxidation sites excluding steroid dienone is 2. The molecule has 0 radical (unpaired) electrons. The molecule has 1 saturated heterocycles. The Morgan fingerprint density at radius 1 is 1.24 bits per heavy atom. The molecule has 1 fully saturated rings. The van der Waals surface area contributed by atoms with E-state index in [4.69, 9.17) is 16.3 Å². The highest BCUT2D eigenvalue weighted by molar-refractivity contribution is 6.33. The summed E-state index contributed by atoms with van der Waals surface area (Å²) in [5.41, 5.74) is 1.25. The van der Waals surface area contributed by atoms with Crippen LogP contribution in [0, 0.1) is 11.8 Å². The van der Waals surface area contributed by atoms with Crippen LogP contribution in [0.1, 0.15) is 19.1 Å². The zero-order valence-electron chi connectivity index (χ0n) is 11.3. The third-order valence-electron chi connectivity index (χ3n) is 4.46. The van der Waals surface area contributed by atoms with Crippen LogP contribution in [-0.2, 0) is 4.74 Å². The van der Waals surface area contributed by atoms with Crippen molar-refractivity contribution in [1.82, 2.24) is 19.5 Å². The molecule has 1 N–H and O–H groups in total. The van der Waals surface area contributed by atoms with E-state index in [-0.39, 0.29) is 18.9 Å². The van der Waals surface area contributed by atoms with Crippen molar-refractivity contribution in [3.63, 3.8) is 0 Å². The van der Waals surface area contributed by atoms with Crippen LogP contribution in [0.5, 0.6) is 0 Å². The highest BCUT2D eigenvalue weighted by Crippen LogP contribution is 2.46. The second-order valence-corrected chi connectivity index (χ2v) is 5.86. The SMILES string of the molecule is OC[C@H]1O[C@@H](n2cnc3c(Cl)ncnc32)[C@@H]2CC=CC[C@@H]21. The Balaban J connectivity index is 1.78. The van der Waals surface area contributed by atoms with Crippen LogP contribution >= 0.6 is 11.6 Å².